The lowest BCUT2D eigenvalue weighted by atomic mass is 9.88. The number of ether oxygens (including phenoxy) is 3. The summed E-state index contributed by atoms with van der Waals surface area (Å²) < 4.78 is 16.2. The average Bonchev–Trinajstić information content (AvgIpc) is 2.54. The molecule has 2 rings (SSSR count). The molecule has 2 atom stereocenters. The van der Waals surface area contributed by atoms with Gasteiger partial charge in [-0.2, -0.15) is 0 Å². The molecule has 0 aromatic heterocycles. The predicted molar refractivity (Wildman–Crippen MR) is 90.6 cm³/mol. The zero-order valence-corrected chi connectivity index (χ0v) is 15.0. The summed E-state index contributed by atoms with van der Waals surface area (Å²) in [7, 11) is 3.04. The van der Waals surface area contributed by atoms with Crippen LogP contribution in [0.4, 0.5) is 4.79 Å². The molecule has 0 saturated carbocycles. The summed E-state index contributed by atoms with van der Waals surface area (Å²) in [6.45, 7) is 4.20. The lowest BCUT2D eigenvalue weighted by Crippen LogP contribution is -2.51. The Balaban J connectivity index is 2.35. The number of benzene rings is 1. The van der Waals surface area contributed by atoms with Crippen molar-refractivity contribution >= 4 is 27.9 Å². The Labute approximate surface area is 148 Å². The molecular formula is C16H19BrN2O5. The molecule has 1 aromatic carbocycles. The van der Waals surface area contributed by atoms with Gasteiger partial charge in [-0.1, -0.05) is 22.5 Å². The van der Waals surface area contributed by atoms with Crippen LogP contribution in [0.3, 0.4) is 0 Å². The summed E-state index contributed by atoms with van der Waals surface area (Å²) in [6.07, 6.45) is 0. The van der Waals surface area contributed by atoms with Crippen molar-refractivity contribution in [1.29, 1.82) is 0 Å². The molecule has 1 fully saturated rings. The second kappa shape index (κ2) is 8.16. The third kappa shape index (κ3) is 4.07. The van der Waals surface area contributed by atoms with Gasteiger partial charge >= 0.3 is 12.0 Å². The first-order chi connectivity index (χ1) is 11.5. The van der Waals surface area contributed by atoms with Crippen LogP contribution in [0, 0.1) is 5.92 Å². The van der Waals surface area contributed by atoms with Gasteiger partial charge in [0.25, 0.3) is 0 Å². The van der Waals surface area contributed by atoms with Crippen LogP contribution in [-0.2, 0) is 14.3 Å². The molecule has 2 N–H and O–H groups in total. The van der Waals surface area contributed by atoms with E-state index < -0.39 is 24.0 Å². The standard InChI is InChI=1S/C16H19BrN2O5/c1-9-13(15(20)24-7-6-22-2)14(19-16(21)18-9)11-8-10(17)4-5-12(11)23-3/h4-5,8,13-14H,1,6-7H2,2-3H3,(H2,18,19,21)/t13-,14+/m0/s1. The van der Waals surface area contributed by atoms with Crippen LogP contribution >= 0.6 is 15.9 Å². The number of halogens is 1. The molecule has 8 heteroatoms. The van der Waals surface area contributed by atoms with E-state index in [0.29, 0.717) is 11.3 Å². The minimum Gasteiger partial charge on any atom is -0.496 e. The Kier molecular flexibility index (Phi) is 6.22. The smallest absolute Gasteiger partial charge is 0.319 e. The van der Waals surface area contributed by atoms with Crippen LogP contribution < -0.4 is 15.4 Å². The van der Waals surface area contributed by atoms with Crippen molar-refractivity contribution in [3.8, 4) is 5.75 Å². The molecule has 1 aromatic rings. The molecule has 0 unspecified atom stereocenters. The fourth-order valence-corrected chi connectivity index (χ4v) is 2.86. The molecular weight excluding hydrogens is 380 g/mol. The highest BCUT2D eigenvalue weighted by atomic mass is 79.9. The highest BCUT2D eigenvalue weighted by molar-refractivity contribution is 9.10. The predicted octanol–water partition coefficient (Wildman–Crippen LogP) is 2.13. The Morgan fingerprint density at radius 2 is 2.08 bits per heavy atom. The molecule has 24 heavy (non-hydrogen) atoms. The van der Waals surface area contributed by atoms with E-state index >= 15 is 0 Å². The third-order valence-corrected chi connectivity index (χ3v) is 4.08. The molecule has 0 spiro atoms. The van der Waals surface area contributed by atoms with Crippen molar-refractivity contribution in [2.24, 2.45) is 5.92 Å². The normalized spacial score (nSPS) is 20.1. The SMILES string of the molecule is C=C1NC(=O)N[C@H](c2cc(Br)ccc2OC)[C@H]1C(=O)OCCOC. The fraction of sp³-hybridized carbons (Fsp3) is 0.375. The number of carbonyl (C=O) groups excluding carboxylic acids is 2. The summed E-state index contributed by atoms with van der Waals surface area (Å²) in [5, 5.41) is 5.27. The summed E-state index contributed by atoms with van der Waals surface area (Å²) in [5.41, 5.74) is 0.921. The lowest BCUT2D eigenvalue weighted by molar-refractivity contribution is -0.149. The number of hydrogen-bond donors (Lipinski definition) is 2. The number of methoxy groups -OCH3 is 2. The Morgan fingerprint density at radius 1 is 1.33 bits per heavy atom. The van der Waals surface area contributed by atoms with Gasteiger partial charge in [-0.05, 0) is 18.2 Å². The van der Waals surface area contributed by atoms with Crippen molar-refractivity contribution in [3.63, 3.8) is 0 Å². The van der Waals surface area contributed by atoms with E-state index in [1.54, 1.807) is 12.1 Å². The van der Waals surface area contributed by atoms with Crippen LogP contribution in [0.2, 0.25) is 0 Å². The van der Waals surface area contributed by atoms with E-state index in [4.69, 9.17) is 14.2 Å². The first kappa shape index (κ1) is 18.3. The van der Waals surface area contributed by atoms with E-state index in [0.717, 1.165) is 4.47 Å². The van der Waals surface area contributed by atoms with Crippen LogP contribution in [-0.4, -0.2) is 39.4 Å². The highest BCUT2D eigenvalue weighted by Crippen LogP contribution is 2.36. The first-order valence-corrected chi connectivity index (χ1v) is 8.02. The van der Waals surface area contributed by atoms with Gasteiger partial charge in [0.05, 0.1) is 19.8 Å². The summed E-state index contributed by atoms with van der Waals surface area (Å²) in [5.74, 6) is -0.743. The third-order valence-electron chi connectivity index (χ3n) is 3.58. The zero-order valence-electron chi connectivity index (χ0n) is 13.4. The Bertz CT molecular complexity index is 649. The number of hydrogen-bond acceptors (Lipinski definition) is 5. The minimum absolute atomic E-state index is 0.120. The quantitative estimate of drug-likeness (QED) is 0.566. The topological polar surface area (TPSA) is 85.9 Å². The molecule has 0 aliphatic carbocycles. The molecule has 1 aliphatic rings. The summed E-state index contributed by atoms with van der Waals surface area (Å²) in [4.78, 5) is 24.3. The number of amides is 2. The lowest BCUT2D eigenvalue weighted by Gasteiger charge is -2.33. The molecule has 1 heterocycles. The highest BCUT2D eigenvalue weighted by Gasteiger charge is 2.40. The summed E-state index contributed by atoms with van der Waals surface area (Å²) >= 11 is 3.39. The van der Waals surface area contributed by atoms with Crippen LogP contribution in [0.5, 0.6) is 5.75 Å². The van der Waals surface area contributed by atoms with Crippen LogP contribution in [0.1, 0.15) is 11.6 Å². The second-order valence-electron chi connectivity index (χ2n) is 5.13. The number of urea groups is 1. The molecule has 0 bridgehead atoms. The molecule has 1 aliphatic heterocycles. The number of carbonyl (C=O) groups is 2. The zero-order chi connectivity index (χ0) is 17.7. The molecule has 7 nitrogen and oxygen atoms in total. The van der Waals surface area contributed by atoms with Crippen molar-refractivity contribution < 1.29 is 23.8 Å². The maximum atomic E-state index is 12.5. The Morgan fingerprint density at radius 3 is 2.75 bits per heavy atom. The number of rotatable bonds is 6. The van der Waals surface area contributed by atoms with E-state index in [2.05, 4.69) is 33.1 Å². The van der Waals surface area contributed by atoms with Gasteiger partial charge in [-0.25, -0.2) is 4.79 Å². The minimum atomic E-state index is -0.789. The van der Waals surface area contributed by atoms with E-state index in [1.165, 1.54) is 14.2 Å². The van der Waals surface area contributed by atoms with E-state index in [-0.39, 0.29) is 18.9 Å². The van der Waals surface area contributed by atoms with E-state index in [9.17, 15) is 9.59 Å². The molecule has 1 saturated heterocycles. The van der Waals surface area contributed by atoms with E-state index in [1.807, 2.05) is 6.07 Å². The molecule has 130 valence electrons. The number of esters is 1. The number of nitrogens with one attached hydrogen (secondary N) is 2. The molecule has 2 amide bonds. The van der Waals surface area contributed by atoms with Crippen molar-refractivity contribution in [2.45, 2.75) is 6.04 Å². The van der Waals surface area contributed by atoms with Crippen molar-refractivity contribution in [2.75, 3.05) is 27.4 Å². The van der Waals surface area contributed by atoms with Crippen molar-refractivity contribution in [3.05, 3.63) is 40.5 Å². The van der Waals surface area contributed by atoms with Gasteiger partial charge in [0.1, 0.15) is 18.3 Å². The van der Waals surface area contributed by atoms with Gasteiger partial charge in [0.2, 0.25) is 0 Å². The average molecular weight is 399 g/mol. The van der Waals surface area contributed by atoms with Crippen LogP contribution in [0.25, 0.3) is 0 Å². The summed E-state index contributed by atoms with van der Waals surface area (Å²) in [6, 6.07) is 4.26. The maximum Gasteiger partial charge on any atom is 0.319 e. The first-order valence-electron chi connectivity index (χ1n) is 7.23. The Hall–Kier alpha value is -2.06. The van der Waals surface area contributed by atoms with Gasteiger partial charge in [-0.3, -0.25) is 4.79 Å². The van der Waals surface area contributed by atoms with Gasteiger partial charge < -0.3 is 24.8 Å². The van der Waals surface area contributed by atoms with Gasteiger partial charge in [0, 0.05) is 22.8 Å². The molecule has 0 radical (unpaired) electrons. The largest absolute Gasteiger partial charge is 0.496 e. The van der Waals surface area contributed by atoms with Gasteiger partial charge in [0.15, 0.2) is 0 Å². The van der Waals surface area contributed by atoms with Gasteiger partial charge in [-0.15, -0.1) is 0 Å². The second-order valence-corrected chi connectivity index (χ2v) is 6.04. The maximum absolute atomic E-state index is 12.5. The van der Waals surface area contributed by atoms with Crippen LogP contribution in [0.15, 0.2) is 34.9 Å². The monoisotopic (exact) mass is 398 g/mol. The fourth-order valence-electron chi connectivity index (χ4n) is 2.48. The van der Waals surface area contributed by atoms with Crippen molar-refractivity contribution in [1.82, 2.24) is 10.6 Å².